The summed E-state index contributed by atoms with van der Waals surface area (Å²) in [5.41, 5.74) is 0.736. The van der Waals surface area contributed by atoms with Crippen molar-refractivity contribution in [2.75, 3.05) is 0 Å². The minimum Gasteiger partial charge on any atom is -0.389 e. The van der Waals surface area contributed by atoms with E-state index in [2.05, 4.69) is 9.47 Å². The molecule has 0 amide bonds. The fourth-order valence-electron chi connectivity index (χ4n) is 1.90. The number of hydrogen-bond acceptors (Lipinski definition) is 5. The third-order valence-corrected chi connectivity index (χ3v) is 2.70. The second-order valence-electron chi connectivity index (χ2n) is 3.78. The van der Waals surface area contributed by atoms with Crippen LogP contribution in [0.15, 0.2) is 30.3 Å². The highest BCUT2D eigenvalue weighted by atomic mass is 16.9. The van der Waals surface area contributed by atoms with Crippen LogP contribution in [0.3, 0.4) is 0 Å². The molecule has 1 fully saturated rings. The molecule has 5 heteroatoms. The molecule has 1 aromatic rings. The first kappa shape index (κ1) is 11.6. The normalized spacial score (nSPS) is 19.6. The van der Waals surface area contributed by atoms with Gasteiger partial charge in [0.1, 0.15) is 0 Å². The molecular weight excluding hydrogens is 224 g/mol. The molecule has 1 aromatic carbocycles. The van der Waals surface area contributed by atoms with Crippen LogP contribution < -0.4 is 0 Å². The number of carbonyl (C=O) groups excluding carboxylic acids is 2. The summed E-state index contributed by atoms with van der Waals surface area (Å²) in [6, 6.07) is 8.95. The Balaban J connectivity index is 2.31. The van der Waals surface area contributed by atoms with Gasteiger partial charge in [-0.1, -0.05) is 37.3 Å². The van der Waals surface area contributed by atoms with Crippen LogP contribution >= 0.6 is 0 Å². The number of ether oxygens (including phenoxy) is 2. The molecule has 1 saturated heterocycles. The number of rotatable bonds is 3. The molecule has 0 aliphatic carbocycles. The minimum atomic E-state index is -2.19. The standard InChI is InChI=1S/C12H12O5/c1-2-9(8-6-4-3-5-7-8)12(15)16-10(13)11(14)17-12/h3-7,9,15H,2H2,1H3. The zero-order chi connectivity index (χ0) is 12.5. The lowest BCUT2D eigenvalue weighted by molar-refractivity contribution is -0.305. The van der Waals surface area contributed by atoms with Gasteiger partial charge in [0.05, 0.1) is 5.92 Å². The van der Waals surface area contributed by atoms with Crippen LogP contribution in [0.25, 0.3) is 0 Å². The lowest BCUT2D eigenvalue weighted by atomic mass is 9.94. The van der Waals surface area contributed by atoms with E-state index in [1.54, 1.807) is 31.2 Å². The van der Waals surface area contributed by atoms with E-state index < -0.39 is 23.8 Å². The Morgan fingerprint density at radius 1 is 1.18 bits per heavy atom. The fourth-order valence-corrected chi connectivity index (χ4v) is 1.90. The summed E-state index contributed by atoms with van der Waals surface area (Å²) in [5.74, 6) is -5.12. The second kappa shape index (κ2) is 4.18. The van der Waals surface area contributed by atoms with Crippen molar-refractivity contribution in [3.8, 4) is 0 Å². The maximum absolute atomic E-state index is 11.0. The Morgan fingerprint density at radius 3 is 2.18 bits per heavy atom. The van der Waals surface area contributed by atoms with Crippen molar-refractivity contribution in [3.63, 3.8) is 0 Å². The van der Waals surface area contributed by atoms with Crippen molar-refractivity contribution in [2.45, 2.75) is 25.2 Å². The van der Waals surface area contributed by atoms with Gasteiger partial charge >= 0.3 is 17.9 Å². The van der Waals surface area contributed by atoms with Gasteiger partial charge in [0.25, 0.3) is 0 Å². The molecule has 17 heavy (non-hydrogen) atoms. The van der Waals surface area contributed by atoms with Crippen LogP contribution in [0.1, 0.15) is 24.8 Å². The SMILES string of the molecule is CCC(c1ccccc1)C1(O)OC(=O)C(=O)O1. The topological polar surface area (TPSA) is 72.8 Å². The fraction of sp³-hybridized carbons (Fsp3) is 0.333. The van der Waals surface area contributed by atoms with Gasteiger partial charge in [-0.2, -0.15) is 0 Å². The van der Waals surface area contributed by atoms with E-state index in [0.717, 1.165) is 5.56 Å². The van der Waals surface area contributed by atoms with E-state index in [1.807, 2.05) is 6.07 Å². The first-order chi connectivity index (χ1) is 8.07. The summed E-state index contributed by atoms with van der Waals surface area (Å²) in [7, 11) is 0. The van der Waals surface area contributed by atoms with Gasteiger partial charge in [0.15, 0.2) is 0 Å². The van der Waals surface area contributed by atoms with Gasteiger partial charge < -0.3 is 14.6 Å². The van der Waals surface area contributed by atoms with Gasteiger partial charge in [0, 0.05) is 0 Å². The average molecular weight is 236 g/mol. The Morgan fingerprint density at radius 2 is 1.71 bits per heavy atom. The highest BCUT2D eigenvalue weighted by molar-refractivity contribution is 6.31. The number of hydrogen-bond donors (Lipinski definition) is 1. The first-order valence-electron chi connectivity index (χ1n) is 5.30. The van der Waals surface area contributed by atoms with E-state index >= 15 is 0 Å². The van der Waals surface area contributed by atoms with Crippen LogP contribution in [-0.4, -0.2) is 23.0 Å². The zero-order valence-corrected chi connectivity index (χ0v) is 9.25. The van der Waals surface area contributed by atoms with Crippen molar-refractivity contribution < 1.29 is 24.2 Å². The maximum atomic E-state index is 11.0. The quantitative estimate of drug-likeness (QED) is 0.624. The largest absolute Gasteiger partial charge is 0.422 e. The van der Waals surface area contributed by atoms with Gasteiger partial charge in [-0.3, -0.25) is 0 Å². The molecule has 0 bridgehead atoms. The Bertz CT molecular complexity index is 423. The first-order valence-corrected chi connectivity index (χ1v) is 5.30. The van der Waals surface area contributed by atoms with Crippen LogP contribution in [-0.2, 0) is 19.1 Å². The molecular formula is C12H12O5. The van der Waals surface area contributed by atoms with Crippen LogP contribution in [0.5, 0.6) is 0 Å². The van der Waals surface area contributed by atoms with Gasteiger partial charge in [0.2, 0.25) is 0 Å². The van der Waals surface area contributed by atoms with Gasteiger partial charge in [-0.25, -0.2) is 9.59 Å². The molecule has 2 rings (SSSR count). The summed E-state index contributed by atoms with van der Waals surface area (Å²) in [5, 5.41) is 10.1. The van der Waals surface area contributed by atoms with Crippen LogP contribution in [0, 0.1) is 0 Å². The van der Waals surface area contributed by atoms with Gasteiger partial charge in [-0.15, -0.1) is 0 Å². The van der Waals surface area contributed by atoms with E-state index in [9.17, 15) is 14.7 Å². The molecule has 1 N–H and O–H groups in total. The Kier molecular flexibility index (Phi) is 2.85. The number of cyclic esters (lactones) is 2. The van der Waals surface area contributed by atoms with Crippen molar-refractivity contribution in [1.82, 2.24) is 0 Å². The summed E-state index contributed by atoms with van der Waals surface area (Å²) in [4.78, 5) is 22.0. The molecule has 1 unspecified atom stereocenters. The van der Waals surface area contributed by atoms with E-state index in [-0.39, 0.29) is 0 Å². The molecule has 1 heterocycles. The van der Waals surface area contributed by atoms with Gasteiger partial charge in [-0.05, 0) is 12.0 Å². The number of esters is 2. The zero-order valence-electron chi connectivity index (χ0n) is 9.25. The molecule has 0 aromatic heterocycles. The predicted octanol–water partition coefficient (Wildman–Crippen LogP) is 0.926. The summed E-state index contributed by atoms with van der Waals surface area (Å²) in [6.07, 6.45) is 0.459. The van der Waals surface area contributed by atoms with Crippen LogP contribution in [0.4, 0.5) is 0 Å². The van der Waals surface area contributed by atoms with Crippen molar-refractivity contribution >= 4 is 11.9 Å². The Labute approximate surface area is 98.0 Å². The lowest BCUT2D eigenvalue weighted by Gasteiger charge is -2.27. The smallest absolute Gasteiger partial charge is 0.389 e. The lowest BCUT2D eigenvalue weighted by Crippen LogP contribution is -2.37. The highest BCUT2D eigenvalue weighted by Crippen LogP contribution is 2.36. The van der Waals surface area contributed by atoms with E-state index in [1.165, 1.54) is 0 Å². The monoisotopic (exact) mass is 236 g/mol. The molecule has 0 spiro atoms. The molecule has 0 saturated carbocycles. The van der Waals surface area contributed by atoms with E-state index in [0.29, 0.717) is 6.42 Å². The summed E-state index contributed by atoms with van der Waals surface area (Å²) in [6.45, 7) is 1.80. The summed E-state index contributed by atoms with van der Waals surface area (Å²) < 4.78 is 9.23. The highest BCUT2D eigenvalue weighted by Gasteiger charge is 2.53. The maximum Gasteiger partial charge on any atom is 0.422 e. The van der Waals surface area contributed by atoms with Crippen molar-refractivity contribution in [2.24, 2.45) is 0 Å². The second-order valence-corrected chi connectivity index (χ2v) is 3.78. The molecule has 1 atom stereocenters. The van der Waals surface area contributed by atoms with E-state index in [4.69, 9.17) is 0 Å². The molecule has 5 nitrogen and oxygen atoms in total. The minimum absolute atomic E-state index is 0.459. The van der Waals surface area contributed by atoms with Crippen molar-refractivity contribution in [3.05, 3.63) is 35.9 Å². The molecule has 1 aliphatic rings. The Hall–Kier alpha value is -1.88. The summed E-state index contributed by atoms with van der Waals surface area (Å²) >= 11 is 0. The predicted molar refractivity (Wildman–Crippen MR) is 56.6 cm³/mol. The van der Waals surface area contributed by atoms with Crippen molar-refractivity contribution in [1.29, 1.82) is 0 Å². The number of aliphatic hydroxyl groups is 1. The number of carbonyl (C=O) groups is 2. The van der Waals surface area contributed by atoms with Crippen LogP contribution in [0.2, 0.25) is 0 Å². The molecule has 0 radical (unpaired) electrons. The average Bonchev–Trinajstić information content (AvgIpc) is 2.56. The third kappa shape index (κ3) is 2.01. The molecule has 90 valence electrons. The molecule has 1 aliphatic heterocycles. The third-order valence-electron chi connectivity index (χ3n) is 2.70. The number of benzene rings is 1.